The van der Waals surface area contributed by atoms with Crippen molar-refractivity contribution in [3.63, 3.8) is 0 Å². The Kier molecular flexibility index (Phi) is 5.59. The second-order valence-corrected chi connectivity index (χ2v) is 6.60. The van der Waals surface area contributed by atoms with Crippen LogP contribution in [0.5, 0.6) is 5.75 Å². The number of anilines is 1. The lowest BCUT2D eigenvalue weighted by molar-refractivity contribution is -0.131. The number of rotatable bonds is 6. The zero-order valence-electron chi connectivity index (χ0n) is 14.8. The van der Waals surface area contributed by atoms with Crippen LogP contribution < -0.4 is 10.5 Å². The van der Waals surface area contributed by atoms with Gasteiger partial charge in [-0.1, -0.05) is 36.4 Å². The number of methoxy groups -OCH3 is 1. The monoisotopic (exact) mass is 338 g/mol. The van der Waals surface area contributed by atoms with Gasteiger partial charge in [0.2, 0.25) is 5.91 Å². The number of hydrogen-bond acceptors (Lipinski definition) is 3. The predicted octanol–water partition coefficient (Wildman–Crippen LogP) is 3.44. The highest BCUT2D eigenvalue weighted by Gasteiger charge is 2.29. The number of nitrogens with zero attached hydrogens (tertiary/aromatic N) is 1. The van der Waals surface area contributed by atoms with E-state index in [0.29, 0.717) is 12.8 Å². The van der Waals surface area contributed by atoms with Crippen LogP contribution in [-0.4, -0.2) is 30.5 Å². The Balaban J connectivity index is 1.63. The van der Waals surface area contributed by atoms with Crippen LogP contribution in [0, 0.1) is 0 Å². The van der Waals surface area contributed by atoms with Crippen molar-refractivity contribution in [2.75, 3.05) is 19.4 Å². The first-order chi connectivity index (χ1) is 12.2. The van der Waals surface area contributed by atoms with Crippen LogP contribution in [0.25, 0.3) is 0 Å². The standard InChI is InChI=1S/C21H26N2O2/c1-25-20-11-5-3-8-17(20)15-18-9-6-14-23(18)21(24)13-12-16-7-2-4-10-19(16)22/h2-5,7-8,10-11,18H,6,9,12-15,22H2,1H3. The number of para-hydroxylation sites is 2. The van der Waals surface area contributed by atoms with Gasteiger partial charge < -0.3 is 15.4 Å². The Morgan fingerprint density at radius 2 is 1.88 bits per heavy atom. The fraction of sp³-hybridized carbons (Fsp3) is 0.381. The van der Waals surface area contributed by atoms with E-state index in [9.17, 15) is 4.79 Å². The van der Waals surface area contributed by atoms with Gasteiger partial charge in [-0.15, -0.1) is 0 Å². The van der Waals surface area contributed by atoms with Crippen molar-refractivity contribution in [3.05, 3.63) is 59.7 Å². The summed E-state index contributed by atoms with van der Waals surface area (Å²) in [6.45, 7) is 0.850. The lowest BCUT2D eigenvalue weighted by Gasteiger charge is -2.25. The van der Waals surface area contributed by atoms with Crippen molar-refractivity contribution in [3.8, 4) is 5.75 Å². The molecule has 1 atom stereocenters. The van der Waals surface area contributed by atoms with Crippen molar-refractivity contribution in [2.24, 2.45) is 0 Å². The van der Waals surface area contributed by atoms with Crippen LogP contribution in [0.3, 0.4) is 0 Å². The summed E-state index contributed by atoms with van der Waals surface area (Å²) in [6.07, 6.45) is 4.18. The maximum absolute atomic E-state index is 12.7. The molecule has 0 radical (unpaired) electrons. The third kappa shape index (κ3) is 4.13. The van der Waals surface area contributed by atoms with E-state index in [2.05, 4.69) is 6.07 Å². The highest BCUT2D eigenvalue weighted by molar-refractivity contribution is 5.77. The molecule has 1 amide bonds. The number of benzene rings is 2. The molecule has 2 aromatic carbocycles. The van der Waals surface area contributed by atoms with Crippen LogP contribution in [0.4, 0.5) is 5.69 Å². The largest absolute Gasteiger partial charge is 0.496 e. The number of ether oxygens (including phenoxy) is 1. The SMILES string of the molecule is COc1ccccc1CC1CCCN1C(=O)CCc1ccccc1N. The quantitative estimate of drug-likeness (QED) is 0.821. The highest BCUT2D eigenvalue weighted by atomic mass is 16.5. The van der Waals surface area contributed by atoms with Crippen LogP contribution in [0.15, 0.2) is 48.5 Å². The van der Waals surface area contributed by atoms with Crippen molar-refractivity contribution < 1.29 is 9.53 Å². The van der Waals surface area contributed by atoms with Crippen LogP contribution in [-0.2, 0) is 17.6 Å². The van der Waals surface area contributed by atoms with Crippen LogP contribution in [0.2, 0.25) is 0 Å². The number of hydrogen-bond donors (Lipinski definition) is 1. The zero-order chi connectivity index (χ0) is 17.6. The fourth-order valence-electron chi connectivity index (χ4n) is 3.65. The number of aryl methyl sites for hydroxylation is 1. The molecule has 1 unspecified atom stereocenters. The minimum Gasteiger partial charge on any atom is -0.496 e. The van der Waals surface area contributed by atoms with Gasteiger partial charge in [-0.25, -0.2) is 0 Å². The number of likely N-dealkylation sites (tertiary alicyclic amines) is 1. The first-order valence-electron chi connectivity index (χ1n) is 8.94. The highest BCUT2D eigenvalue weighted by Crippen LogP contribution is 2.27. The Bertz CT molecular complexity index is 729. The number of nitrogens with two attached hydrogens (primary N) is 1. The molecule has 4 heteroatoms. The van der Waals surface area contributed by atoms with Gasteiger partial charge in [-0.05, 0) is 48.9 Å². The number of amides is 1. The van der Waals surface area contributed by atoms with Gasteiger partial charge in [0.05, 0.1) is 7.11 Å². The van der Waals surface area contributed by atoms with Gasteiger partial charge in [-0.3, -0.25) is 4.79 Å². The normalized spacial score (nSPS) is 16.8. The number of nitrogen functional groups attached to an aromatic ring is 1. The average Bonchev–Trinajstić information content (AvgIpc) is 3.09. The Labute approximate surface area is 149 Å². The summed E-state index contributed by atoms with van der Waals surface area (Å²) in [5.41, 5.74) is 8.97. The van der Waals surface area contributed by atoms with E-state index in [0.717, 1.165) is 42.8 Å². The molecule has 25 heavy (non-hydrogen) atoms. The summed E-state index contributed by atoms with van der Waals surface area (Å²) in [5, 5.41) is 0. The van der Waals surface area contributed by atoms with Gasteiger partial charge in [0.1, 0.15) is 5.75 Å². The van der Waals surface area contributed by atoms with Crippen molar-refractivity contribution in [1.29, 1.82) is 0 Å². The predicted molar refractivity (Wildman–Crippen MR) is 101 cm³/mol. The second-order valence-electron chi connectivity index (χ2n) is 6.60. The van der Waals surface area contributed by atoms with Gasteiger partial charge >= 0.3 is 0 Å². The van der Waals surface area contributed by atoms with Gasteiger partial charge in [0.25, 0.3) is 0 Å². The Morgan fingerprint density at radius 3 is 2.64 bits per heavy atom. The van der Waals surface area contributed by atoms with E-state index in [4.69, 9.17) is 10.5 Å². The molecule has 2 aromatic rings. The lowest BCUT2D eigenvalue weighted by Crippen LogP contribution is -2.37. The van der Waals surface area contributed by atoms with Gasteiger partial charge in [0.15, 0.2) is 0 Å². The van der Waals surface area contributed by atoms with Crippen molar-refractivity contribution in [2.45, 2.75) is 38.1 Å². The molecule has 1 aliphatic rings. The molecular weight excluding hydrogens is 312 g/mol. The minimum absolute atomic E-state index is 0.223. The molecule has 1 aliphatic heterocycles. The maximum atomic E-state index is 12.7. The molecule has 132 valence electrons. The molecule has 0 aromatic heterocycles. The summed E-state index contributed by atoms with van der Waals surface area (Å²) in [4.78, 5) is 14.8. The van der Waals surface area contributed by atoms with E-state index in [1.807, 2.05) is 47.4 Å². The smallest absolute Gasteiger partial charge is 0.223 e. The molecule has 1 fully saturated rings. The molecule has 0 spiro atoms. The molecule has 0 aliphatic carbocycles. The maximum Gasteiger partial charge on any atom is 0.223 e. The van der Waals surface area contributed by atoms with Gasteiger partial charge in [-0.2, -0.15) is 0 Å². The first kappa shape index (κ1) is 17.3. The Hall–Kier alpha value is -2.49. The van der Waals surface area contributed by atoms with E-state index >= 15 is 0 Å². The van der Waals surface area contributed by atoms with Gasteiger partial charge in [0, 0.05) is 24.7 Å². The molecule has 3 rings (SSSR count). The number of carbonyl (C=O) groups is 1. The molecule has 1 heterocycles. The second kappa shape index (κ2) is 8.06. The molecular formula is C21H26N2O2. The van der Waals surface area contributed by atoms with Crippen LogP contribution in [0.1, 0.15) is 30.4 Å². The summed E-state index contributed by atoms with van der Waals surface area (Å²) in [6, 6.07) is 16.1. The molecule has 4 nitrogen and oxygen atoms in total. The summed E-state index contributed by atoms with van der Waals surface area (Å²) in [7, 11) is 1.70. The number of carbonyl (C=O) groups excluding carboxylic acids is 1. The third-order valence-corrected chi connectivity index (χ3v) is 5.01. The fourth-order valence-corrected chi connectivity index (χ4v) is 3.65. The molecule has 0 saturated carbocycles. The molecule has 1 saturated heterocycles. The Morgan fingerprint density at radius 1 is 1.16 bits per heavy atom. The van der Waals surface area contributed by atoms with Crippen molar-refractivity contribution >= 4 is 11.6 Å². The minimum atomic E-state index is 0.223. The summed E-state index contributed by atoms with van der Waals surface area (Å²) in [5.74, 6) is 1.12. The van der Waals surface area contributed by atoms with Crippen molar-refractivity contribution in [1.82, 2.24) is 4.90 Å². The summed E-state index contributed by atoms with van der Waals surface area (Å²) < 4.78 is 5.45. The van der Waals surface area contributed by atoms with E-state index < -0.39 is 0 Å². The summed E-state index contributed by atoms with van der Waals surface area (Å²) >= 11 is 0. The van der Waals surface area contributed by atoms with E-state index in [1.54, 1.807) is 7.11 Å². The van der Waals surface area contributed by atoms with E-state index in [-0.39, 0.29) is 11.9 Å². The third-order valence-electron chi connectivity index (χ3n) is 5.01. The van der Waals surface area contributed by atoms with E-state index in [1.165, 1.54) is 5.56 Å². The lowest BCUT2D eigenvalue weighted by atomic mass is 10.0. The van der Waals surface area contributed by atoms with Crippen LogP contribution >= 0.6 is 0 Å². The average molecular weight is 338 g/mol. The first-order valence-corrected chi connectivity index (χ1v) is 8.94. The zero-order valence-corrected chi connectivity index (χ0v) is 14.8. The molecule has 0 bridgehead atoms. The topological polar surface area (TPSA) is 55.6 Å². The molecule has 2 N–H and O–H groups in total.